The highest BCUT2D eigenvalue weighted by Crippen LogP contribution is 2.26. The molecule has 1 aliphatic heterocycles. The lowest BCUT2D eigenvalue weighted by molar-refractivity contribution is 0.0693. The Bertz CT molecular complexity index is 725. The maximum atomic E-state index is 12.9. The van der Waals surface area contributed by atoms with Gasteiger partial charge in [0, 0.05) is 19.1 Å². The first-order valence-corrected chi connectivity index (χ1v) is 10.8. The van der Waals surface area contributed by atoms with Gasteiger partial charge in [-0.05, 0) is 50.3 Å². The molecule has 1 amide bonds. The van der Waals surface area contributed by atoms with Crippen LogP contribution in [-0.4, -0.2) is 45.5 Å². The Morgan fingerprint density at radius 2 is 2.00 bits per heavy atom. The van der Waals surface area contributed by atoms with Crippen LogP contribution in [0.25, 0.3) is 0 Å². The summed E-state index contributed by atoms with van der Waals surface area (Å²) in [7, 11) is -2.19. The zero-order chi connectivity index (χ0) is 19.3. The van der Waals surface area contributed by atoms with Gasteiger partial charge in [-0.1, -0.05) is 20.3 Å². The average Bonchev–Trinajstić information content (AvgIpc) is 2.61. The maximum Gasteiger partial charge on any atom is 0.257 e. The largest absolute Gasteiger partial charge is 0.496 e. The second kappa shape index (κ2) is 8.86. The summed E-state index contributed by atoms with van der Waals surface area (Å²) in [5, 5.41) is 0. The molecule has 1 atom stereocenters. The lowest BCUT2D eigenvalue weighted by Crippen LogP contribution is -2.38. The lowest BCUT2D eigenvalue weighted by atomic mass is 9.98. The van der Waals surface area contributed by atoms with Crippen LogP contribution in [0, 0.1) is 5.92 Å². The third kappa shape index (κ3) is 4.98. The fourth-order valence-corrected chi connectivity index (χ4v) is 4.53. The summed E-state index contributed by atoms with van der Waals surface area (Å²) in [6.07, 6.45) is 3.57. The van der Waals surface area contributed by atoms with E-state index >= 15 is 0 Å². The Kier molecular flexibility index (Phi) is 7.06. The monoisotopic (exact) mass is 382 g/mol. The molecule has 146 valence electrons. The van der Waals surface area contributed by atoms with Crippen LogP contribution in [0.2, 0.25) is 0 Å². The summed E-state index contributed by atoms with van der Waals surface area (Å²) in [5.74, 6) is 0.832. The number of nitrogens with zero attached hydrogens (tertiary/aromatic N) is 1. The number of hydrogen-bond acceptors (Lipinski definition) is 4. The van der Waals surface area contributed by atoms with E-state index in [9.17, 15) is 13.2 Å². The number of rotatable bonds is 7. The topological polar surface area (TPSA) is 75.7 Å². The van der Waals surface area contributed by atoms with E-state index in [0.29, 0.717) is 30.3 Å². The van der Waals surface area contributed by atoms with Crippen LogP contribution in [0.5, 0.6) is 5.75 Å². The van der Waals surface area contributed by atoms with Crippen molar-refractivity contribution in [3.8, 4) is 5.75 Å². The second-order valence-electron chi connectivity index (χ2n) is 7.15. The first kappa shape index (κ1) is 20.7. The van der Waals surface area contributed by atoms with Gasteiger partial charge in [-0.3, -0.25) is 4.79 Å². The third-order valence-corrected chi connectivity index (χ3v) is 6.45. The molecular formula is C19H30N2O4S. The number of ether oxygens (including phenoxy) is 1. The van der Waals surface area contributed by atoms with E-state index in [-0.39, 0.29) is 16.8 Å². The number of carbonyl (C=O) groups excluding carboxylic acids is 1. The zero-order valence-corrected chi connectivity index (χ0v) is 16.9. The molecule has 7 heteroatoms. The minimum atomic E-state index is -3.68. The minimum absolute atomic E-state index is 0.0926. The Labute approximate surface area is 157 Å². The molecule has 1 aromatic carbocycles. The van der Waals surface area contributed by atoms with Gasteiger partial charge in [0.05, 0.1) is 17.6 Å². The van der Waals surface area contributed by atoms with Crippen molar-refractivity contribution in [2.45, 2.75) is 57.4 Å². The van der Waals surface area contributed by atoms with Crippen LogP contribution >= 0.6 is 0 Å². The van der Waals surface area contributed by atoms with E-state index in [1.165, 1.54) is 19.2 Å². The van der Waals surface area contributed by atoms with Gasteiger partial charge in [-0.15, -0.1) is 0 Å². The first-order chi connectivity index (χ1) is 12.3. The van der Waals surface area contributed by atoms with Gasteiger partial charge in [-0.25, -0.2) is 13.1 Å². The quantitative estimate of drug-likeness (QED) is 0.786. The molecule has 1 heterocycles. The van der Waals surface area contributed by atoms with Crippen LogP contribution in [0.15, 0.2) is 23.1 Å². The molecule has 0 bridgehead atoms. The van der Waals surface area contributed by atoms with E-state index in [1.807, 2.05) is 13.8 Å². The fraction of sp³-hybridized carbons (Fsp3) is 0.632. The molecule has 0 saturated carbocycles. The van der Waals surface area contributed by atoms with E-state index in [4.69, 9.17) is 4.74 Å². The SMILES string of the molecule is CCC[C@@H](C)NS(=O)(=O)c1ccc(OC)c(C(=O)N2CCC(C)CC2)c1. The van der Waals surface area contributed by atoms with Crippen molar-refractivity contribution in [3.05, 3.63) is 23.8 Å². The molecule has 0 spiro atoms. The molecule has 0 unspecified atom stereocenters. The second-order valence-corrected chi connectivity index (χ2v) is 8.86. The van der Waals surface area contributed by atoms with Crippen LogP contribution < -0.4 is 9.46 Å². The number of amides is 1. The minimum Gasteiger partial charge on any atom is -0.496 e. The summed E-state index contributed by atoms with van der Waals surface area (Å²) >= 11 is 0. The average molecular weight is 383 g/mol. The van der Waals surface area contributed by atoms with Crippen molar-refractivity contribution in [1.82, 2.24) is 9.62 Å². The number of benzene rings is 1. The number of piperidine rings is 1. The molecule has 0 aromatic heterocycles. The van der Waals surface area contributed by atoms with Gasteiger partial charge in [0.2, 0.25) is 10.0 Å². The van der Waals surface area contributed by atoms with Gasteiger partial charge in [0.25, 0.3) is 5.91 Å². The third-order valence-electron chi connectivity index (χ3n) is 4.86. The molecule has 0 aliphatic carbocycles. The van der Waals surface area contributed by atoms with E-state index in [2.05, 4.69) is 11.6 Å². The Hall–Kier alpha value is -1.60. The molecule has 0 radical (unpaired) electrons. The predicted molar refractivity (Wildman–Crippen MR) is 102 cm³/mol. The van der Waals surface area contributed by atoms with Crippen LogP contribution in [0.4, 0.5) is 0 Å². The highest BCUT2D eigenvalue weighted by Gasteiger charge is 2.26. The Morgan fingerprint density at radius 3 is 2.58 bits per heavy atom. The lowest BCUT2D eigenvalue weighted by Gasteiger charge is -2.30. The Morgan fingerprint density at radius 1 is 1.35 bits per heavy atom. The predicted octanol–water partition coefficient (Wildman–Crippen LogP) is 3.03. The van der Waals surface area contributed by atoms with E-state index in [0.717, 1.165) is 25.7 Å². The van der Waals surface area contributed by atoms with Gasteiger partial charge in [0.15, 0.2) is 0 Å². The highest BCUT2D eigenvalue weighted by atomic mass is 32.2. The normalized spacial score (nSPS) is 17.2. The number of nitrogens with one attached hydrogen (secondary N) is 1. The summed E-state index contributed by atoms with van der Waals surface area (Å²) in [6, 6.07) is 4.31. The molecule has 6 nitrogen and oxygen atoms in total. The summed E-state index contributed by atoms with van der Waals surface area (Å²) in [4.78, 5) is 14.8. The number of carbonyl (C=O) groups is 1. The van der Waals surface area contributed by atoms with Crippen LogP contribution in [0.1, 0.15) is 56.8 Å². The number of sulfonamides is 1. The van der Waals surface area contributed by atoms with Crippen molar-refractivity contribution < 1.29 is 17.9 Å². The first-order valence-electron chi connectivity index (χ1n) is 9.28. The molecule has 26 heavy (non-hydrogen) atoms. The van der Waals surface area contributed by atoms with Gasteiger partial charge in [-0.2, -0.15) is 0 Å². The molecule has 1 saturated heterocycles. The van der Waals surface area contributed by atoms with E-state index < -0.39 is 10.0 Å². The smallest absolute Gasteiger partial charge is 0.257 e. The van der Waals surface area contributed by atoms with Crippen molar-refractivity contribution in [1.29, 1.82) is 0 Å². The summed E-state index contributed by atoms with van der Waals surface area (Å²) < 4.78 is 33.2. The van der Waals surface area contributed by atoms with Gasteiger partial charge < -0.3 is 9.64 Å². The van der Waals surface area contributed by atoms with Crippen LogP contribution in [0.3, 0.4) is 0 Å². The molecule has 1 aromatic rings. The molecular weight excluding hydrogens is 352 g/mol. The molecule has 1 aliphatic rings. The standard InChI is InChI=1S/C19H30N2O4S/c1-5-6-15(3)20-26(23,24)16-7-8-18(25-4)17(13-16)19(22)21-11-9-14(2)10-12-21/h7-8,13-15,20H,5-6,9-12H2,1-4H3/t15-/m1/s1. The van der Waals surface area contributed by atoms with Crippen molar-refractivity contribution >= 4 is 15.9 Å². The van der Waals surface area contributed by atoms with Crippen molar-refractivity contribution in [2.24, 2.45) is 5.92 Å². The Balaban J connectivity index is 2.29. The van der Waals surface area contributed by atoms with Crippen molar-refractivity contribution in [3.63, 3.8) is 0 Å². The number of methoxy groups -OCH3 is 1. The summed E-state index contributed by atoms with van der Waals surface area (Å²) in [5.41, 5.74) is 0.299. The van der Waals surface area contributed by atoms with Gasteiger partial charge in [0.1, 0.15) is 5.75 Å². The molecule has 1 N–H and O–H groups in total. The molecule has 2 rings (SSSR count). The number of likely N-dealkylation sites (tertiary alicyclic amines) is 1. The fourth-order valence-electron chi connectivity index (χ4n) is 3.23. The van der Waals surface area contributed by atoms with E-state index in [1.54, 1.807) is 11.0 Å². The van der Waals surface area contributed by atoms with Crippen molar-refractivity contribution in [2.75, 3.05) is 20.2 Å². The maximum absolute atomic E-state index is 12.9. The molecule has 1 fully saturated rings. The van der Waals surface area contributed by atoms with Gasteiger partial charge >= 0.3 is 0 Å². The highest BCUT2D eigenvalue weighted by molar-refractivity contribution is 7.89. The number of hydrogen-bond donors (Lipinski definition) is 1. The summed E-state index contributed by atoms with van der Waals surface area (Å²) in [6.45, 7) is 7.40. The van der Waals surface area contributed by atoms with Crippen LogP contribution in [-0.2, 0) is 10.0 Å². The zero-order valence-electron chi connectivity index (χ0n) is 16.1.